The SMILES string of the molecule is C[C@@H](N[C@H](C)c1ccccc1)C(=O)Nc1ccccc1Cl. The maximum Gasteiger partial charge on any atom is 0.241 e. The van der Waals surface area contributed by atoms with Crippen molar-refractivity contribution in [1.29, 1.82) is 0 Å². The molecule has 2 atom stereocenters. The van der Waals surface area contributed by atoms with Crippen LogP contribution in [0.25, 0.3) is 0 Å². The maximum atomic E-state index is 12.2. The third kappa shape index (κ3) is 4.31. The molecule has 1 amide bonds. The van der Waals surface area contributed by atoms with Crippen molar-refractivity contribution in [3.63, 3.8) is 0 Å². The van der Waals surface area contributed by atoms with Crippen LogP contribution in [-0.2, 0) is 4.79 Å². The van der Waals surface area contributed by atoms with E-state index >= 15 is 0 Å². The summed E-state index contributed by atoms with van der Waals surface area (Å²) in [4.78, 5) is 12.2. The zero-order valence-corrected chi connectivity index (χ0v) is 12.9. The highest BCUT2D eigenvalue weighted by Gasteiger charge is 2.16. The van der Waals surface area contributed by atoms with Crippen molar-refractivity contribution in [1.82, 2.24) is 5.32 Å². The molecule has 21 heavy (non-hydrogen) atoms. The molecule has 3 nitrogen and oxygen atoms in total. The number of nitrogens with one attached hydrogen (secondary N) is 2. The van der Waals surface area contributed by atoms with E-state index in [2.05, 4.69) is 10.6 Å². The number of rotatable bonds is 5. The van der Waals surface area contributed by atoms with Gasteiger partial charge in [0.2, 0.25) is 5.91 Å². The smallest absolute Gasteiger partial charge is 0.241 e. The first-order valence-corrected chi connectivity index (χ1v) is 7.32. The van der Waals surface area contributed by atoms with Crippen LogP contribution in [0.1, 0.15) is 25.5 Å². The van der Waals surface area contributed by atoms with Crippen molar-refractivity contribution >= 4 is 23.2 Å². The molecule has 2 N–H and O–H groups in total. The third-order valence-electron chi connectivity index (χ3n) is 3.32. The fourth-order valence-electron chi connectivity index (χ4n) is 2.09. The van der Waals surface area contributed by atoms with E-state index in [-0.39, 0.29) is 18.0 Å². The Bertz CT molecular complexity index is 601. The minimum Gasteiger partial charge on any atom is -0.323 e. The van der Waals surface area contributed by atoms with Crippen molar-refractivity contribution in [3.05, 3.63) is 65.2 Å². The molecule has 0 unspecified atom stereocenters. The van der Waals surface area contributed by atoms with Gasteiger partial charge in [0.15, 0.2) is 0 Å². The standard InChI is InChI=1S/C17H19ClN2O/c1-12(14-8-4-3-5-9-14)19-13(2)17(21)20-16-11-7-6-10-15(16)18/h3-13,19H,1-2H3,(H,20,21)/t12-,13-/m1/s1. The van der Waals surface area contributed by atoms with Gasteiger partial charge in [-0.2, -0.15) is 0 Å². The van der Waals surface area contributed by atoms with Crippen LogP contribution in [0.2, 0.25) is 5.02 Å². The highest BCUT2D eigenvalue weighted by Crippen LogP contribution is 2.20. The monoisotopic (exact) mass is 302 g/mol. The zero-order valence-electron chi connectivity index (χ0n) is 12.1. The second-order valence-corrected chi connectivity index (χ2v) is 5.40. The van der Waals surface area contributed by atoms with E-state index in [1.165, 1.54) is 0 Å². The lowest BCUT2D eigenvalue weighted by Gasteiger charge is -2.20. The molecule has 0 bridgehead atoms. The summed E-state index contributed by atoms with van der Waals surface area (Å²) >= 11 is 6.04. The molecule has 110 valence electrons. The Morgan fingerprint density at radius 3 is 2.29 bits per heavy atom. The van der Waals surface area contributed by atoms with Gasteiger partial charge in [-0.05, 0) is 31.5 Å². The first kappa shape index (κ1) is 15.5. The van der Waals surface area contributed by atoms with Crippen molar-refractivity contribution in [3.8, 4) is 0 Å². The Hall–Kier alpha value is -1.84. The summed E-state index contributed by atoms with van der Waals surface area (Å²) in [5.41, 5.74) is 1.78. The maximum absolute atomic E-state index is 12.2. The minimum absolute atomic E-state index is 0.0956. The molecule has 2 aromatic rings. The molecule has 0 saturated heterocycles. The molecule has 0 saturated carbocycles. The second kappa shape index (κ2) is 7.25. The predicted molar refractivity (Wildman–Crippen MR) is 87.5 cm³/mol. The van der Waals surface area contributed by atoms with Gasteiger partial charge in [-0.25, -0.2) is 0 Å². The zero-order chi connectivity index (χ0) is 15.2. The van der Waals surface area contributed by atoms with Crippen LogP contribution in [-0.4, -0.2) is 11.9 Å². The molecule has 0 aliphatic carbocycles. The summed E-state index contributed by atoms with van der Waals surface area (Å²) in [6, 6.07) is 17.0. The van der Waals surface area contributed by atoms with Gasteiger partial charge in [-0.1, -0.05) is 54.1 Å². The largest absolute Gasteiger partial charge is 0.323 e. The first-order valence-electron chi connectivity index (χ1n) is 6.94. The van der Waals surface area contributed by atoms with Gasteiger partial charge in [-0.3, -0.25) is 10.1 Å². The quantitative estimate of drug-likeness (QED) is 0.876. The molecule has 0 aliphatic heterocycles. The van der Waals surface area contributed by atoms with Gasteiger partial charge in [0.25, 0.3) is 0 Å². The number of para-hydroxylation sites is 1. The lowest BCUT2D eigenvalue weighted by molar-refractivity contribution is -0.117. The molecule has 0 aromatic heterocycles. The summed E-state index contributed by atoms with van der Waals surface area (Å²) in [5.74, 6) is -0.106. The summed E-state index contributed by atoms with van der Waals surface area (Å²) < 4.78 is 0. The Labute approximate surface area is 130 Å². The molecule has 0 spiro atoms. The van der Waals surface area contributed by atoms with Gasteiger partial charge >= 0.3 is 0 Å². The summed E-state index contributed by atoms with van der Waals surface area (Å²) in [5, 5.41) is 6.65. The van der Waals surface area contributed by atoms with E-state index in [0.29, 0.717) is 10.7 Å². The van der Waals surface area contributed by atoms with Gasteiger partial charge in [0.1, 0.15) is 0 Å². The fourth-order valence-corrected chi connectivity index (χ4v) is 2.28. The highest BCUT2D eigenvalue weighted by molar-refractivity contribution is 6.33. The predicted octanol–water partition coefficient (Wildman–Crippen LogP) is 4.02. The Kier molecular flexibility index (Phi) is 5.37. The number of benzene rings is 2. The number of halogens is 1. The van der Waals surface area contributed by atoms with Crippen molar-refractivity contribution in [2.75, 3.05) is 5.32 Å². The lowest BCUT2D eigenvalue weighted by atomic mass is 10.1. The number of carbonyl (C=O) groups excluding carboxylic acids is 1. The van der Waals surface area contributed by atoms with E-state index in [4.69, 9.17) is 11.6 Å². The molecule has 2 aromatic carbocycles. The molecule has 0 radical (unpaired) electrons. The van der Waals surface area contributed by atoms with E-state index in [1.54, 1.807) is 12.1 Å². The first-order chi connectivity index (χ1) is 10.1. The summed E-state index contributed by atoms with van der Waals surface area (Å²) in [6.45, 7) is 3.88. The van der Waals surface area contributed by atoms with Gasteiger partial charge in [0.05, 0.1) is 16.8 Å². The number of hydrogen-bond acceptors (Lipinski definition) is 2. The topological polar surface area (TPSA) is 41.1 Å². The van der Waals surface area contributed by atoms with Gasteiger partial charge < -0.3 is 5.32 Å². The second-order valence-electron chi connectivity index (χ2n) is 4.99. The molecule has 0 heterocycles. The average molecular weight is 303 g/mol. The molecule has 4 heteroatoms. The molecular weight excluding hydrogens is 284 g/mol. The van der Waals surface area contributed by atoms with E-state index < -0.39 is 0 Å². The van der Waals surface area contributed by atoms with Crippen LogP contribution in [0, 0.1) is 0 Å². The average Bonchev–Trinajstić information content (AvgIpc) is 2.50. The van der Waals surface area contributed by atoms with E-state index in [0.717, 1.165) is 5.56 Å². The van der Waals surface area contributed by atoms with E-state index in [9.17, 15) is 4.79 Å². The summed E-state index contributed by atoms with van der Waals surface area (Å²) in [6.07, 6.45) is 0. The van der Waals surface area contributed by atoms with Gasteiger partial charge in [-0.15, -0.1) is 0 Å². The molecule has 2 rings (SSSR count). The Morgan fingerprint density at radius 2 is 1.62 bits per heavy atom. The molecule has 0 aliphatic rings. The number of carbonyl (C=O) groups is 1. The van der Waals surface area contributed by atoms with Crippen LogP contribution < -0.4 is 10.6 Å². The number of hydrogen-bond donors (Lipinski definition) is 2. The fraction of sp³-hybridized carbons (Fsp3) is 0.235. The van der Waals surface area contributed by atoms with Crippen LogP contribution in [0.15, 0.2) is 54.6 Å². The molecule has 0 fully saturated rings. The van der Waals surface area contributed by atoms with Gasteiger partial charge in [0, 0.05) is 6.04 Å². The van der Waals surface area contributed by atoms with Crippen molar-refractivity contribution < 1.29 is 4.79 Å². The van der Waals surface area contributed by atoms with Crippen LogP contribution >= 0.6 is 11.6 Å². The Balaban J connectivity index is 1.95. The summed E-state index contributed by atoms with van der Waals surface area (Å²) in [7, 11) is 0. The lowest BCUT2D eigenvalue weighted by Crippen LogP contribution is -2.39. The minimum atomic E-state index is -0.323. The van der Waals surface area contributed by atoms with Crippen molar-refractivity contribution in [2.24, 2.45) is 0 Å². The molecular formula is C17H19ClN2O. The normalized spacial score (nSPS) is 13.5. The highest BCUT2D eigenvalue weighted by atomic mass is 35.5. The van der Waals surface area contributed by atoms with E-state index in [1.807, 2.05) is 56.3 Å². The number of amides is 1. The van der Waals surface area contributed by atoms with Crippen LogP contribution in [0.5, 0.6) is 0 Å². The van der Waals surface area contributed by atoms with Crippen molar-refractivity contribution in [2.45, 2.75) is 25.9 Å². The Morgan fingerprint density at radius 1 is 1.00 bits per heavy atom. The van der Waals surface area contributed by atoms with Crippen LogP contribution in [0.3, 0.4) is 0 Å². The third-order valence-corrected chi connectivity index (χ3v) is 3.65. The van der Waals surface area contributed by atoms with Crippen LogP contribution in [0.4, 0.5) is 5.69 Å². The number of anilines is 1.